The first-order chi connectivity index (χ1) is 5.46. The van der Waals surface area contributed by atoms with Crippen LogP contribution in [0.5, 0.6) is 0 Å². The molecule has 1 rings (SSSR count). The molecule has 0 saturated carbocycles. The summed E-state index contributed by atoms with van der Waals surface area (Å²) in [5.74, 6) is 0. The summed E-state index contributed by atoms with van der Waals surface area (Å²) >= 11 is 5.15. The first-order valence-electron chi connectivity index (χ1n) is 4.25. The predicted molar refractivity (Wildman–Crippen MR) is 54.0 cm³/mol. The summed E-state index contributed by atoms with van der Waals surface area (Å²) in [6.45, 7) is 9.62. The van der Waals surface area contributed by atoms with Gasteiger partial charge in [0.15, 0.2) is 4.77 Å². The second-order valence-corrected chi connectivity index (χ2v) is 4.36. The van der Waals surface area contributed by atoms with Crippen LogP contribution < -0.4 is 0 Å². The summed E-state index contributed by atoms with van der Waals surface area (Å²) in [6.07, 6.45) is 2.01. The van der Waals surface area contributed by atoms with Gasteiger partial charge in [-0.3, -0.25) is 0 Å². The number of aromatic amines is 1. The normalized spacial score (nSPS) is 12.0. The molecule has 0 atom stereocenters. The molecule has 1 heterocycles. The van der Waals surface area contributed by atoms with Crippen LogP contribution in [0, 0.1) is 4.77 Å². The van der Waals surface area contributed by atoms with Crippen LogP contribution in [0.3, 0.4) is 0 Å². The van der Waals surface area contributed by atoms with E-state index in [1.807, 2.05) is 6.20 Å². The minimum absolute atomic E-state index is 0.170. The first-order valence-corrected chi connectivity index (χ1v) is 4.66. The largest absolute Gasteiger partial charge is 0.337 e. The molecular weight excluding hydrogens is 168 g/mol. The average Bonchev–Trinajstić information content (AvgIpc) is 2.29. The lowest BCUT2D eigenvalue weighted by atomic mass is 9.93. The Morgan fingerprint density at radius 2 is 2.08 bits per heavy atom. The Morgan fingerprint density at radius 1 is 1.50 bits per heavy atom. The fourth-order valence-electron chi connectivity index (χ4n) is 1.33. The Labute approximate surface area is 78.6 Å². The van der Waals surface area contributed by atoms with Gasteiger partial charge in [0.2, 0.25) is 0 Å². The zero-order chi connectivity index (χ0) is 9.35. The number of hydrogen-bond donors (Lipinski definition) is 1. The number of nitrogens with zero attached hydrogens (tertiary/aromatic N) is 1. The molecule has 68 valence electrons. The van der Waals surface area contributed by atoms with Crippen molar-refractivity contribution in [3.05, 3.63) is 16.7 Å². The van der Waals surface area contributed by atoms with Gasteiger partial charge in [-0.25, -0.2) is 0 Å². The maximum absolute atomic E-state index is 5.15. The van der Waals surface area contributed by atoms with Crippen molar-refractivity contribution >= 4 is 12.2 Å². The fourth-order valence-corrected chi connectivity index (χ4v) is 1.62. The molecule has 0 bridgehead atoms. The lowest BCUT2D eigenvalue weighted by molar-refractivity contribution is 0.523. The molecule has 3 heteroatoms. The zero-order valence-electron chi connectivity index (χ0n) is 8.14. The quantitative estimate of drug-likeness (QED) is 0.666. The molecule has 0 unspecified atom stereocenters. The first kappa shape index (κ1) is 9.52. The molecular formula is C9H16N2S. The van der Waals surface area contributed by atoms with Gasteiger partial charge in [0.1, 0.15) is 0 Å². The SMILES string of the molecule is CCn1c(C(C)(C)C)c[nH]c1=S. The molecule has 0 radical (unpaired) electrons. The van der Waals surface area contributed by atoms with Gasteiger partial charge in [-0.2, -0.15) is 0 Å². The van der Waals surface area contributed by atoms with Gasteiger partial charge in [0.05, 0.1) is 0 Å². The third-order valence-corrected chi connectivity index (χ3v) is 2.29. The highest BCUT2D eigenvalue weighted by Gasteiger charge is 2.17. The van der Waals surface area contributed by atoms with Gasteiger partial charge in [-0.15, -0.1) is 0 Å². The summed E-state index contributed by atoms with van der Waals surface area (Å²) in [6, 6.07) is 0. The Bertz CT molecular complexity index is 314. The number of H-pyrrole nitrogens is 1. The van der Waals surface area contributed by atoms with Crippen LogP contribution in [-0.2, 0) is 12.0 Å². The maximum Gasteiger partial charge on any atom is 0.177 e. The van der Waals surface area contributed by atoms with Crippen LogP contribution in [0.2, 0.25) is 0 Å². The minimum atomic E-state index is 0.170. The van der Waals surface area contributed by atoms with Gasteiger partial charge in [0, 0.05) is 23.9 Å². The topological polar surface area (TPSA) is 20.7 Å². The Hall–Kier alpha value is -0.570. The molecule has 1 aromatic rings. The van der Waals surface area contributed by atoms with Gasteiger partial charge >= 0.3 is 0 Å². The standard InChI is InChI=1S/C9H16N2S/c1-5-11-7(9(2,3)4)6-10-8(11)12/h6H,5H2,1-4H3,(H,10,12). The zero-order valence-corrected chi connectivity index (χ0v) is 8.96. The van der Waals surface area contributed by atoms with Crippen molar-refractivity contribution in [1.29, 1.82) is 0 Å². The Kier molecular flexibility index (Phi) is 2.42. The molecule has 0 saturated heterocycles. The highest BCUT2D eigenvalue weighted by molar-refractivity contribution is 7.71. The van der Waals surface area contributed by atoms with Crippen molar-refractivity contribution in [3.8, 4) is 0 Å². The molecule has 0 spiro atoms. The highest BCUT2D eigenvalue weighted by Crippen LogP contribution is 2.21. The van der Waals surface area contributed by atoms with E-state index in [1.165, 1.54) is 5.69 Å². The van der Waals surface area contributed by atoms with E-state index in [0.29, 0.717) is 0 Å². The molecule has 0 aliphatic rings. The second kappa shape index (κ2) is 3.05. The lowest BCUT2D eigenvalue weighted by Crippen LogP contribution is -2.17. The Balaban J connectivity index is 3.26. The third-order valence-electron chi connectivity index (χ3n) is 1.95. The summed E-state index contributed by atoms with van der Waals surface area (Å²) in [7, 11) is 0. The highest BCUT2D eigenvalue weighted by atomic mass is 32.1. The molecule has 0 aliphatic carbocycles. The minimum Gasteiger partial charge on any atom is -0.337 e. The number of aromatic nitrogens is 2. The van der Waals surface area contributed by atoms with Crippen molar-refractivity contribution in [2.75, 3.05) is 0 Å². The van der Waals surface area contributed by atoms with E-state index >= 15 is 0 Å². The number of imidazole rings is 1. The Morgan fingerprint density at radius 3 is 2.42 bits per heavy atom. The van der Waals surface area contributed by atoms with E-state index in [2.05, 4.69) is 37.2 Å². The van der Waals surface area contributed by atoms with Crippen molar-refractivity contribution in [2.24, 2.45) is 0 Å². The lowest BCUT2D eigenvalue weighted by Gasteiger charge is -2.19. The van der Waals surface area contributed by atoms with E-state index in [4.69, 9.17) is 12.2 Å². The molecule has 1 N–H and O–H groups in total. The summed E-state index contributed by atoms with van der Waals surface area (Å²) in [4.78, 5) is 3.07. The molecule has 1 aromatic heterocycles. The monoisotopic (exact) mass is 184 g/mol. The van der Waals surface area contributed by atoms with Crippen LogP contribution >= 0.6 is 12.2 Å². The van der Waals surface area contributed by atoms with Gasteiger partial charge < -0.3 is 9.55 Å². The van der Waals surface area contributed by atoms with Crippen LogP contribution in [-0.4, -0.2) is 9.55 Å². The van der Waals surface area contributed by atoms with Gasteiger partial charge in [-0.05, 0) is 19.1 Å². The van der Waals surface area contributed by atoms with Crippen LogP contribution in [0.15, 0.2) is 6.20 Å². The van der Waals surface area contributed by atoms with E-state index in [1.54, 1.807) is 0 Å². The van der Waals surface area contributed by atoms with Crippen LogP contribution in [0.25, 0.3) is 0 Å². The number of nitrogens with one attached hydrogen (secondary N) is 1. The van der Waals surface area contributed by atoms with E-state index in [0.717, 1.165) is 11.3 Å². The van der Waals surface area contributed by atoms with E-state index in [9.17, 15) is 0 Å². The molecule has 2 nitrogen and oxygen atoms in total. The molecule has 0 amide bonds. The molecule has 0 aliphatic heterocycles. The van der Waals surface area contributed by atoms with Crippen molar-refractivity contribution in [2.45, 2.75) is 39.7 Å². The van der Waals surface area contributed by atoms with E-state index in [-0.39, 0.29) is 5.41 Å². The maximum atomic E-state index is 5.15. The number of hydrogen-bond acceptors (Lipinski definition) is 1. The molecule has 0 fully saturated rings. The molecule has 0 aromatic carbocycles. The van der Waals surface area contributed by atoms with Crippen LogP contribution in [0.1, 0.15) is 33.4 Å². The average molecular weight is 184 g/mol. The molecule has 12 heavy (non-hydrogen) atoms. The summed E-state index contributed by atoms with van der Waals surface area (Å²) in [5, 5.41) is 0. The number of rotatable bonds is 1. The van der Waals surface area contributed by atoms with Gasteiger partial charge in [0.25, 0.3) is 0 Å². The third kappa shape index (κ3) is 1.61. The van der Waals surface area contributed by atoms with Crippen molar-refractivity contribution in [3.63, 3.8) is 0 Å². The fraction of sp³-hybridized carbons (Fsp3) is 0.667. The summed E-state index contributed by atoms with van der Waals surface area (Å²) < 4.78 is 2.96. The smallest absolute Gasteiger partial charge is 0.177 e. The summed E-state index contributed by atoms with van der Waals surface area (Å²) in [5.41, 5.74) is 1.44. The van der Waals surface area contributed by atoms with Crippen molar-refractivity contribution in [1.82, 2.24) is 9.55 Å². The second-order valence-electron chi connectivity index (χ2n) is 3.97. The van der Waals surface area contributed by atoms with Crippen LogP contribution in [0.4, 0.5) is 0 Å². The van der Waals surface area contributed by atoms with Gasteiger partial charge in [-0.1, -0.05) is 20.8 Å². The van der Waals surface area contributed by atoms with Crippen molar-refractivity contribution < 1.29 is 0 Å². The van der Waals surface area contributed by atoms with E-state index < -0.39 is 0 Å². The predicted octanol–water partition coefficient (Wildman–Crippen LogP) is 2.86.